The fourth-order valence-electron chi connectivity index (χ4n) is 2.49. The number of amides is 1. The molecule has 0 aliphatic carbocycles. The van der Waals surface area contributed by atoms with Crippen molar-refractivity contribution in [2.24, 2.45) is 0 Å². The Labute approximate surface area is 160 Å². The number of nitrogens with one attached hydrogen (secondary N) is 1. The number of carbonyl (C=O) groups excluding carboxylic acids is 2. The molecule has 0 saturated heterocycles. The molecule has 1 heterocycles. The second-order valence-electron chi connectivity index (χ2n) is 5.58. The predicted molar refractivity (Wildman–Crippen MR) is 105 cm³/mol. The maximum atomic E-state index is 12.4. The van der Waals surface area contributed by atoms with Crippen LogP contribution in [0.5, 0.6) is 0 Å². The Balaban J connectivity index is 1.78. The van der Waals surface area contributed by atoms with Gasteiger partial charge in [0.15, 0.2) is 0 Å². The number of benzene rings is 2. The molecule has 0 unspecified atom stereocenters. The number of methoxy groups -OCH3 is 1. The molecular weight excluding hydrogens is 364 g/mol. The van der Waals surface area contributed by atoms with Crippen molar-refractivity contribution in [3.05, 3.63) is 65.9 Å². The van der Waals surface area contributed by atoms with Crippen molar-refractivity contribution in [1.82, 2.24) is 9.78 Å². The number of ether oxygens (including phenoxy) is 1. The number of hydrogen-bond donors (Lipinski definition) is 2. The van der Waals surface area contributed by atoms with Gasteiger partial charge in [-0.25, -0.2) is 9.48 Å². The lowest BCUT2D eigenvalue weighted by atomic mass is 10.2. The fourth-order valence-corrected chi connectivity index (χ4v) is 2.95. The molecule has 27 heavy (non-hydrogen) atoms. The number of rotatable bonds is 5. The summed E-state index contributed by atoms with van der Waals surface area (Å²) in [6, 6.07) is 14.4. The summed E-state index contributed by atoms with van der Waals surface area (Å²) >= 11 is 1.61. The second kappa shape index (κ2) is 7.96. The van der Waals surface area contributed by atoms with Crippen LogP contribution in [-0.2, 0) is 4.74 Å². The Morgan fingerprint density at radius 1 is 1.19 bits per heavy atom. The van der Waals surface area contributed by atoms with Crippen LogP contribution in [0.25, 0.3) is 5.69 Å². The van der Waals surface area contributed by atoms with Crippen molar-refractivity contribution >= 4 is 35.1 Å². The molecule has 138 valence electrons. The van der Waals surface area contributed by atoms with E-state index in [1.165, 1.54) is 18.0 Å². The lowest BCUT2D eigenvalue weighted by molar-refractivity contribution is 0.0602. The van der Waals surface area contributed by atoms with Crippen molar-refractivity contribution in [1.29, 1.82) is 0 Å². The average molecular weight is 382 g/mol. The number of aromatic nitrogens is 2. The lowest BCUT2D eigenvalue weighted by Gasteiger charge is -2.08. The zero-order valence-electron chi connectivity index (χ0n) is 14.8. The summed E-state index contributed by atoms with van der Waals surface area (Å²) in [7, 11) is 1.28. The Morgan fingerprint density at radius 2 is 1.93 bits per heavy atom. The van der Waals surface area contributed by atoms with Crippen LogP contribution in [-0.4, -0.2) is 35.0 Å². The molecule has 0 spiro atoms. The molecule has 0 aliphatic rings. The van der Waals surface area contributed by atoms with Crippen LogP contribution in [0.1, 0.15) is 20.7 Å². The number of thioether (sulfide) groups is 1. The highest BCUT2D eigenvalue weighted by molar-refractivity contribution is 7.98. The largest absolute Gasteiger partial charge is 0.465 e. The third-order valence-electron chi connectivity index (χ3n) is 3.91. The van der Waals surface area contributed by atoms with Crippen LogP contribution in [0.2, 0.25) is 0 Å². The Kier molecular flexibility index (Phi) is 5.46. The number of nitrogens with two attached hydrogens (primary N) is 1. The van der Waals surface area contributed by atoms with Gasteiger partial charge in [-0.3, -0.25) is 4.79 Å². The van der Waals surface area contributed by atoms with Gasteiger partial charge < -0.3 is 15.8 Å². The van der Waals surface area contributed by atoms with Gasteiger partial charge in [-0.15, -0.1) is 11.8 Å². The number of hydrogen-bond acceptors (Lipinski definition) is 6. The monoisotopic (exact) mass is 382 g/mol. The summed E-state index contributed by atoms with van der Waals surface area (Å²) in [5.41, 5.74) is 8.00. The van der Waals surface area contributed by atoms with Crippen molar-refractivity contribution < 1.29 is 14.3 Å². The Bertz CT molecular complexity index is 983. The molecule has 0 radical (unpaired) electrons. The summed E-state index contributed by atoms with van der Waals surface area (Å²) in [6.07, 6.45) is 3.33. The molecule has 3 rings (SSSR count). The van der Waals surface area contributed by atoms with Crippen LogP contribution >= 0.6 is 11.8 Å². The van der Waals surface area contributed by atoms with Gasteiger partial charge in [-0.1, -0.05) is 6.07 Å². The van der Waals surface area contributed by atoms with E-state index in [1.807, 2.05) is 30.5 Å². The normalized spacial score (nSPS) is 10.4. The standard InChI is InChI=1S/C19H18N4O3S/c1-26-19(25)16-11-21-23(17(16)20)14-8-6-12(7-9-14)18(24)22-13-4-3-5-15(10-13)27-2/h3-11H,20H2,1-2H3,(H,22,24). The van der Waals surface area contributed by atoms with E-state index in [9.17, 15) is 9.59 Å². The first-order valence-electron chi connectivity index (χ1n) is 8.01. The minimum atomic E-state index is -0.553. The van der Waals surface area contributed by atoms with Crippen LogP contribution in [0.4, 0.5) is 11.5 Å². The highest BCUT2D eigenvalue weighted by Gasteiger charge is 2.16. The second-order valence-corrected chi connectivity index (χ2v) is 6.46. The fraction of sp³-hybridized carbons (Fsp3) is 0.105. The predicted octanol–water partition coefficient (Wildman–Crippen LogP) is 3.22. The molecule has 1 aromatic heterocycles. The van der Waals surface area contributed by atoms with Crippen molar-refractivity contribution in [2.75, 3.05) is 24.4 Å². The van der Waals surface area contributed by atoms with Crippen molar-refractivity contribution in [3.8, 4) is 5.69 Å². The molecule has 3 aromatic rings. The van der Waals surface area contributed by atoms with Crippen LogP contribution in [0.15, 0.2) is 59.6 Å². The van der Waals surface area contributed by atoms with Crippen LogP contribution in [0, 0.1) is 0 Å². The van der Waals surface area contributed by atoms with Crippen molar-refractivity contribution in [3.63, 3.8) is 0 Å². The molecule has 3 N–H and O–H groups in total. The van der Waals surface area contributed by atoms with Gasteiger partial charge in [0.05, 0.1) is 19.0 Å². The van der Waals surface area contributed by atoms with E-state index in [0.717, 1.165) is 10.6 Å². The quantitative estimate of drug-likeness (QED) is 0.519. The van der Waals surface area contributed by atoms with Gasteiger partial charge >= 0.3 is 5.97 Å². The topological polar surface area (TPSA) is 99.2 Å². The summed E-state index contributed by atoms with van der Waals surface area (Å²) in [4.78, 5) is 25.1. The van der Waals surface area contributed by atoms with Gasteiger partial charge in [0.2, 0.25) is 0 Å². The molecule has 0 fully saturated rings. The number of anilines is 2. The average Bonchev–Trinajstić information content (AvgIpc) is 3.09. The zero-order valence-corrected chi connectivity index (χ0v) is 15.6. The zero-order chi connectivity index (χ0) is 19.4. The molecule has 0 atom stereocenters. The molecule has 2 aromatic carbocycles. The van der Waals surface area contributed by atoms with Gasteiger partial charge in [-0.05, 0) is 48.7 Å². The van der Waals surface area contributed by atoms with Gasteiger partial charge in [0.25, 0.3) is 5.91 Å². The van der Waals surface area contributed by atoms with E-state index in [1.54, 1.807) is 36.0 Å². The maximum Gasteiger partial charge on any atom is 0.343 e. The molecule has 0 aliphatic heterocycles. The molecule has 1 amide bonds. The number of carbonyl (C=O) groups is 2. The van der Waals surface area contributed by atoms with Gasteiger partial charge in [0, 0.05) is 16.1 Å². The van der Waals surface area contributed by atoms with E-state index in [-0.39, 0.29) is 17.3 Å². The van der Waals surface area contributed by atoms with E-state index in [4.69, 9.17) is 5.73 Å². The first kappa shape index (κ1) is 18.5. The summed E-state index contributed by atoms with van der Waals surface area (Å²) < 4.78 is 6.08. The van der Waals surface area contributed by atoms with E-state index >= 15 is 0 Å². The summed E-state index contributed by atoms with van der Waals surface area (Å²) in [5.74, 6) is -0.598. The van der Waals surface area contributed by atoms with Gasteiger partial charge in [0.1, 0.15) is 11.4 Å². The minimum Gasteiger partial charge on any atom is -0.465 e. The van der Waals surface area contributed by atoms with E-state index < -0.39 is 5.97 Å². The summed E-state index contributed by atoms with van der Waals surface area (Å²) in [5, 5.41) is 6.97. The maximum absolute atomic E-state index is 12.4. The smallest absolute Gasteiger partial charge is 0.343 e. The number of esters is 1. The summed E-state index contributed by atoms with van der Waals surface area (Å²) in [6.45, 7) is 0. The molecule has 7 nitrogen and oxygen atoms in total. The number of nitrogen functional groups attached to an aromatic ring is 1. The highest BCUT2D eigenvalue weighted by Crippen LogP contribution is 2.21. The lowest BCUT2D eigenvalue weighted by Crippen LogP contribution is -2.12. The number of nitrogens with zero attached hydrogens (tertiary/aromatic N) is 2. The highest BCUT2D eigenvalue weighted by atomic mass is 32.2. The van der Waals surface area contributed by atoms with Gasteiger partial charge in [-0.2, -0.15) is 5.10 Å². The first-order chi connectivity index (χ1) is 13.0. The van der Waals surface area contributed by atoms with Crippen molar-refractivity contribution in [2.45, 2.75) is 4.90 Å². The SMILES string of the molecule is COC(=O)c1cnn(-c2ccc(C(=O)Nc3cccc(SC)c3)cc2)c1N. The molecule has 0 bridgehead atoms. The van der Waals surface area contributed by atoms with Crippen LogP contribution < -0.4 is 11.1 Å². The minimum absolute atomic E-state index is 0.174. The Morgan fingerprint density at radius 3 is 2.59 bits per heavy atom. The third-order valence-corrected chi connectivity index (χ3v) is 4.64. The molecular formula is C19H18N4O3S. The first-order valence-corrected chi connectivity index (χ1v) is 9.23. The van der Waals surface area contributed by atoms with Crippen LogP contribution in [0.3, 0.4) is 0 Å². The molecule has 8 heteroatoms. The molecule has 0 saturated carbocycles. The Hall–Kier alpha value is -3.26. The van der Waals surface area contributed by atoms with E-state index in [2.05, 4.69) is 15.2 Å². The third kappa shape index (κ3) is 3.95. The van der Waals surface area contributed by atoms with E-state index in [0.29, 0.717) is 11.3 Å².